The fraction of sp³-hybridized carbons (Fsp3) is 0.500. The van der Waals surface area contributed by atoms with E-state index in [0.717, 1.165) is 12.8 Å². The smallest absolute Gasteiger partial charge is 0.323 e. The molecule has 0 bridgehead atoms. The lowest BCUT2D eigenvalue weighted by atomic mass is 10.1. The molecule has 0 amide bonds. The zero-order chi connectivity index (χ0) is 15.9. The summed E-state index contributed by atoms with van der Waals surface area (Å²) < 4.78 is 36.5. The normalized spacial score (nSPS) is 12.7. The van der Waals surface area contributed by atoms with E-state index in [1.165, 1.54) is 26.4 Å². The van der Waals surface area contributed by atoms with E-state index in [1.54, 1.807) is 12.1 Å². The van der Waals surface area contributed by atoms with Gasteiger partial charge in [0.15, 0.2) is 0 Å². The first-order valence-corrected chi connectivity index (χ1v) is 8.17. The molecule has 0 aliphatic rings. The molecule has 0 spiro atoms. The molecule has 0 radical (unpaired) electrons. The van der Waals surface area contributed by atoms with Crippen LogP contribution in [-0.4, -0.2) is 34.6 Å². The molecular formula is C14H21NO5S. The molecule has 0 heterocycles. The number of carbonyl (C=O) groups excluding carboxylic acids is 1. The Hall–Kier alpha value is -1.60. The Balaban J connectivity index is 2.90. The molecule has 7 heteroatoms. The van der Waals surface area contributed by atoms with E-state index in [2.05, 4.69) is 9.46 Å². The van der Waals surface area contributed by atoms with Crippen LogP contribution in [0.25, 0.3) is 0 Å². The molecule has 0 fully saturated rings. The first kappa shape index (κ1) is 17.5. The molecule has 118 valence electrons. The molecule has 0 aliphatic heterocycles. The molecule has 0 aliphatic carbocycles. The van der Waals surface area contributed by atoms with Gasteiger partial charge >= 0.3 is 5.97 Å². The van der Waals surface area contributed by atoms with Crippen LogP contribution in [0.2, 0.25) is 0 Å². The van der Waals surface area contributed by atoms with Crippen molar-refractivity contribution in [1.29, 1.82) is 0 Å². The van der Waals surface area contributed by atoms with E-state index in [-0.39, 0.29) is 4.90 Å². The maximum Gasteiger partial charge on any atom is 0.323 e. The summed E-state index contributed by atoms with van der Waals surface area (Å²) in [6.45, 7) is 1.96. The SMILES string of the molecule is CCCCC(NS(=O)(=O)c1ccc(OC)cc1)C(=O)OC. The fourth-order valence-electron chi connectivity index (χ4n) is 1.79. The Morgan fingerprint density at radius 3 is 2.33 bits per heavy atom. The molecule has 6 nitrogen and oxygen atoms in total. The highest BCUT2D eigenvalue weighted by molar-refractivity contribution is 7.89. The number of nitrogens with one attached hydrogen (secondary N) is 1. The number of unbranched alkanes of at least 4 members (excludes halogenated alkanes) is 1. The number of benzene rings is 1. The average molecular weight is 315 g/mol. The largest absolute Gasteiger partial charge is 0.497 e. The molecule has 1 aromatic carbocycles. The molecule has 0 saturated heterocycles. The van der Waals surface area contributed by atoms with E-state index >= 15 is 0 Å². The van der Waals surface area contributed by atoms with Crippen molar-refractivity contribution in [3.8, 4) is 5.75 Å². The van der Waals surface area contributed by atoms with Crippen LogP contribution >= 0.6 is 0 Å². The summed E-state index contributed by atoms with van der Waals surface area (Å²) in [5.41, 5.74) is 0. The minimum absolute atomic E-state index is 0.0775. The zero-order valence-corrected chi connectivity index (χ0v) is 13.3. The second kappa shape index (κ2) is 7.99. The van der Waals surface area contributed by atoms with Gasteiger partial charge in [-0.05, 0) is 30.7 Å². The quantitative estimate of drug-likeness (QED) is 0.739. The van der Waals surface area contributed by atoms with Gasteiger partial charge < -0.3 is 9.47 Å². The molecule has 1 N–H and O–H groups in total. The van der Waals surface area contributed by atoms with E-state index in [4.69, 9.17) is 4.74 Å². The fourth-order valence-corrected chi connectivity index (χ4v) is 3.00. The third kappa shape index (κ3) is 5.02. The van der Waals surface area contributed by atoms with Crippen LogP contribution in [0.15, 0.2) is 29.2 Å². The molecule has 0 aromatic heterocycles. The Morgan fingerprint density at radius 2 is 1.86 bits per heavy atom. The first-order valence-electron chi connectivity index (χ1n) is 6.68. The minimum Gasteiger partial charge on any atom is -0.497 e. The Morgan fingerprint density at radius 1 is 1.24 bits per heavy atom. The maximum absolute atomic E-state index is 12.3. The van der Waals surface area contributed by atoms with Gasteiger partial charge in [0.25, 0.3) is 0 Å². The summed E-state index contributed by atoms with van der Waals surface area (Å²) in [5.74, 6) is -0.0232. The lowest BCUT2D eigenvalue weighted by Gasteiger charge is -2.16. The Labute approximate surface area is 125 Å². The van der Waals surface area contributed by atoms with Gasteiger partial charge in [-0.1, -0.05) is 19.8 Å². The van der Waals surface area contributed by atoms with Crippen molar-refractivity contribution in [3.63, 3.8) is 0 Å². The number of methoxy groups -OCH3 is 2. The summed E-state index contributed by atoms with van der Waals surface area (Å²) in [6, 6.07) is 5.08. The Kier molecular flexibility index (Phi) is 6.64. The number of hydrogen-bond acceptors (Lipinski definition) is 5. The van der Waals surface area contributed by atoms with E-state index in [1.807, 2.05) is 6.92 Å². The number of ether oxygens (including phenoxy) is 2. The highest BCUT2D eigenvalue weighted by Gasteiger charge is 2.25. The topological polar surface area (TPSA) is 81.7 Å². The van der Waals surface area contributed by atoms with Crippen LogP contribution in [0.4, 0.5) is 0 Å². The van der Waals surface area contributed by atoms with Crippen molar-refractivity contribution >= 4 is 16.0 Å². The van der Waals surface area contributed by atoms with Crippen molar-refractivity contribution in [2.45, 2.75) is 37.1 Å². The van der Waals surface area contributed by atoms with Crippen LogP contribution < -0.4 is 9.46 Å². The highest BCUT2D eigenvalue weighted by Crippen LogP contribution is 2.16. The van der Waals surface area contributed by atoms with Crippen LogP contribution in [0.1, 0.15) is 26.2 Å². The van der Waals surface area contributed by atoms with Crippen molar-refractivity contribution in [3.05, 3.63) is 24.3 Å². The third-order valence-electron chi connectivity index (χ3n) is 3.00. The third-order valence-corrected chi connectivity index (χ3v) is 4.49. The van der Waals surface area contributed by atoms with Gasteiger partial charge in [-0.3, -0.25) is 4.79 Å². The van der Waals surface area contributed by atoms with Gasteiger partial charge in [-0.25, -0.2) is 8.42 Å². The Bertz CT molecular complexity index is 553. The molecule has 1 unspecified atom stereocenters. The number of carbonyl (C=O) groups is 1. The van der Waals surface area contributed by atoms with E-state index in [9.17, 15) is 13.2 Å². The van der Waals surface area contributed by atoms with Crippen LogP contribution in [0.5, 0.6) is 5.75 Å². The summed E-state index contributed by atoms with van der Waals surface area (Å²) in [7, 11) is -1.04. The van der Waals surface area contributed by atoms with Gasteiger partial charge in [0.2, 0.25) is 10.0 Å². The highest BCUT2D eigenvalue weighted by atomic mass is 32.2. The number of hydrogen-bond donors (Lipinski definition) is 1. The van der Waals surface area contributed by atoms with Crippen molar-refractivity contribution < 1.29 is 22.7 Å². The monoisotopic (exact) mass is 315 g/mol. The summed E-state index contributed by atoms with van der Waals surface area (Å²) in [5, 5.41) is 0. The maximum atomic E-state index is 12.3. The van der Waals surface area contributed by atoms with Crippen molar-refractivity contribution in [1.82, 2.24) is 4.72 Å². The number of esters is 1. The lowest BCUT2D eigenvalue weighted by Crippen LogP contribution is -2.41. The summed E-state index contributed by atoms with van der Waals surface area (Å²) in [6.07, 6.45) is 1.99. The van der Waals surface area contributed by atoms with Gasteiger partial charge in [-0.15, -0.1) is 0 Å². The second-order valence-electron chi connectivity index (χ2n) is 4.51. The predicted octanol–water partition coefficient (Wildman–Crippen LogP) is 1.71. The van der Waals surface area contributed by atoms with Gasteiger partial charge in [-0.2, -0.15) is 4.72 Å². The van der Waals surface area contributed by atoms with Gasteiger partial charge in [0.05, 0.1) is 19.1 Å². The van der Waals surface area contributed by atoms with Crippen molar-refractivity contribution in [2.75, 3.05) is 14.2 Å². The van der Waals surface area contributed by atoms with E-state index in [0.29, 0.717) is 12.2 Å². The molecule has 0 saturated carbocycles. The van der Waals surface area contributed by atoms with Crippen LogP contribution in [-0.2, 0) is 19.6 Å². The average Bonchev–Trinajstić information content (AvgIpc) is 2.50. The van der Waals surface area contributed by atoms with Crippen LogP contribution in [0.3, 0.4) is 0 Å². The molecular weight excluding hydrogens is 294 g/mol. The molecule has 21 heavy (non-hydrogen) atoms. The lowest BCUT2D eigenvalue weighted by molar-refractivity contribution is -0.142. The minimum atomic E-state index is -3.78. The number of sulfonamides is 1. The summed E-state index contributed by atoms with van der Waals surface area (Å²) in [4.78, 5) is 11.7. The van der Waals surface area contributed by atoms with Crippen molar-refractivity contribution in [2.24, 2.45) is 0 Å². The molecule has 1 aromatic rings. The van der Waals surface area contributed by atoms with Gasteiger partial charge in [0.1, 0.15) is 11.8 Å². The first-order chi connectivity index (χ1) is 9.94. The molecule has 1 rings (SSSR count). The number of rotatable bonds is 8. The van der Waals surface area contributed by atoms with Gasteiger partial charge in [0, 0.05) is 0 Å². The zero-order valence-electron chi connectivity index (χ0n) is 12.5. The summed E-state index contributed by atoms with van der Waals surface area (Å²) >= 11 is 0. The molecule has 1 atom stereocenters. The van der Waals surface area contributed by atoms with Crippen LogP contribution in [0, 0.1) is 0 Å². The second-order valence-corrected chi connectivity index (χ2v) is 6.23. The standard InChI is InChI=1S/C14H21NO5S/c1-4-5-6-13(14(16)20-3)15-21(17,18)12-9-7-11(19-2)8-10-12/h7-10,13,15H,4-6H2,1-3H3. The van der Waals surface area contributed by atoms with E-state index < -0.39 is 22.0 Å². The predicted molar refractivity (Wildman–Crippen MR) is 78.6 cm³/mol.